The summed E-state index contributed by atoms with van der Waals surface area (Å²) < 4.78 is 5.78. The summed E-state index contributed by atoms with van der Waals surface area (Å²) >= 11 is 5.96. The van der Waals surface area contributed by atoms with Crippen LogP contribution in [0.1, 0.15) is 63.0 Å². The molecule has 0 saturated heterocycles. The quantitative estimate of drug-likeness (QED) is 0.724. The summed E-state index contributed by atoms with van der Waals surface area (Å²) in [5, 5.41) is -0.131. The molecule has 0 N–H and O–H groups in total. The highest BCUT2D eigenvalue weighted by molar-refractivity contribution is 6.20. The number of aromatic nitrogens is 1. The van der Waals surface area contributed by atoms with E-state index in [0.717, 1.165) is 12.2 Å². The van der Waals surface area contributed by atoms with Crippen LogP contribution >= 0.6 is 11.6 Å². The van der Waals surface area contributed by atoms with E-state index in [1.807, 2.05) is 13.1 Å². The van der Waals surface area contributed by atoms with Gasteiger partial charge in [-0.15, -0.1) is 11.6 Å². The Kier molecular flexibility index (Phi) is 3.06. The SMILES string of the molecule is CCC1(c2cnc(C(C)Cl)o2)CCCC1. The van der Waals surface area contributed by atoms with Crippen LogP contribution in [0.4, 0.5) is 0 Å². The molecule has 1 unspecified atom stereocenters. The van der Waals surface area contributed by atoms with Crippen molar-refractivity contribution in [1.29, 1.82) is 0 Å². The molecule has 0 amide bonds. The van der Waals surface area contributed by atoms with Crippen LogP contribution in [-0.2, 0) is 5.41 Å². The third kappa shape index (κ3) is 1.92. The van der Waals surface area contributed by atoms with Gasteiger partial charge in [-0.1, -0.05) is 19.8 Å². The van der Waals surface area contributed by atoms with Crippen molar-refractivity contribution in [2.75, 3.05) is 0 Å². The van der Waals surface area contributed by atoms with E-state index >= 15 is 0 Å². The number of oxazole rings is 1. The lowest BCUT2D eigenvalue weighted by Crippen LogP contribution is -2.19. The predicted octanol–water partition coefficient (Wildman–Crippen LogP) is 4.20. The Morgan fingerprint density at radius 1 is 1.53 bits per heavy atom. The van der Waals surface area contributed by atoms with Crippen molar-refractivity contribution in [3.8, 4) is 0 Å². The molecule has 3 heteroatoms. The van der Waals surface area contributed by atoms with Crippen LogP contribution in [0, 0.1) is 0 Å². The van der Waals surface area contributed by atoms with Crippen molar-refractivity contribution < 1.29 is 4.42 Å². The standard InChI is InChI=1S/C12H18ClNO/c1-3-12(6-4-5-7-12)10-8-14-11(15-10)9(2)13/h8-9H,3-7H2,1-2H3. The summed E-state index contributed by atoms with van der Waals surface area (Å²) in [6.45, 7) is 4.13. The number of halogens is 1. The minimum atomic E-state index is -0.131. The normalized spacial score (nSPS) is 21.8. The summed E-state index contributed by atoms with van der Waals surface area (Å²) in [4.78, 5) is 4.25. The molecule has 1 saturated carbocycles. The van der Waals surface area contributed by atoms with Gasteiger partial charge >= 0.3 is 0 Å². The summed E-state index contributed by atoms with van der Waals surface area (Å²) in [7, 11) is 0. The Hall–Kier alpha value is -0.500. The highest BCUT2D eigenvalue weighted by Gasteiger charge is 2.37. The molecule has 1 heterocycles. The minimum absolute atomic E-state index is 0.131. The van der Waals surface area contributed by atoms with Crippen LogP contribution in [0.3, 0.4) is 0 Å². The van der Waals surface area contributed by atoms with E-state index in [9.17, 15) is 0 Å². The highest BCUT2D eigenvalue weighted by Crippen LogP contribution is 2.44. The van der Waals surface area contributed by atoms with Gasteiger partial charge < -0.3 is 4.42 Å². The fraction of sp³-hybridized carbons (Fsp3) is 0.750. The van der Waals surface area contributed by atoms with Crippen LogP contribution in [0.2, 0.25) is 0 Å². The Balaban J connectivity index is 2.27. The van der Waals surface area contributed by atoms with Gasteiger partial charge in [-0.2, -0.15) is 0 Å². The fourth-order valence-corrected chi connectivity index (χ4v) is 2.64. The Bertz CT molecular complexity index is 326. The first-order valence-electron chi connectivity index (χ1n) is 5.78. The molecule has 15 heavy (non-hydrogen) atoms. The molecule has 1 aliphatic rings. The first-order valence-corrected chi connectivity index (χ1v) is 6.22. The second-order valence-corrected chi connectivity index (χ2v) is 5.17. The van der Waals surface area contributed by atoms with Crippen molar-refractivity contribution in [2.24, 2.45) is 0 Å². The summed E-state index contributed by atoms with van der Waals surface area (Å²) in [5.41, 5.74) is 0.247. The molecular formula is C12H18ClNO. The van der Waals surface area contributed by atoms with E-state index in [-0.39, 0.29) is 10.8 Å². The van der Waals surface area contributed by atoms with Gasteiger partial charge in [-0.25, -0.2) is 4.98 Å². The van der Waals surface area contributed by atoms with Crippen LogP contribution in [0.15, 0.2) is 10.6 Å². The maximum Gasteiger partial charge on any atom is 0.212 e. The molecule has 0 aliphatic heterocycles. The van der Waals surface area contributed by atoms with Crippen molar-refractivity contribution in [3.05, 3.63) is 17.8 Å². The average Bonchev–Trinajstić information content (AvgIpc) is 2.87. The molecule has 0 spiro atoms. The molecule has 1 aliphatic carbocycles. The van der Waals surface area contributed by atoms with Gasteiger partial charge in [-0.05, 0) is 26.2 Å². The number of nitrogens with zero attached hydrogens (tertiary/aromatic N) is 1. The number of alkyl halides is 1. The maximum absolute atomic E-state index is 5.96. The lowest BCUT2D eigenvalue weighted by Gasteiger charge is -2.23. The molecule has 2 nitrogen and oxygen atoms in total. The predicted molar refractivity (Wildman–Crippen MR) is 61.2 cm³/mol. The lowest BCUT2D eigenvalue weighted by atomic mass is 9.81. The van der Waals surface area contributed by atoms with Crippen LogP contribution in [0.5, 0.6) is 0 Å². The van der Waals surface area contributed by atoms with E-state index in [1.54, 1.807) is 0 Å². The molecule has 84 valence electrons. The largest absolute Gasteiger partial charge is 0.444 e. The van der Waals surface area contributed by atoms with Crippen molar-refractivity contribution >= 4 is 11.6 Å². The zero-order valence-corrected chi connectivity index (χ0v) is 10.2. The van der Waals surface area contributed by atoms with Crippen molar-refractivity contribution in [2.45, 2.75) is 56.7 Å². The fourth-order valence-electron chi connectivity index (χ4n) is 2.54. The topological polar surface area (TPSA) is 26.0 Å². The van der Waals surface area contributed by atoms with Crippen molar-refractivity contribution in [3.63, 3.8) is 0 Å². The monoisotopic (exact) mass is 227 g/mol. The molecule has 0 aromatic carbocycles. The van der Waals surface area contributed by atoms with E-state index in [2.05, 4.69) is 11.9 Å². The van der Waals surface area contributed by atoms with Crippen LogP contribution in [0.25, 0.3) is 0 Å². The second-order valence-electron chi connectivity index (χ2n) is 4.52. The second kappa shape index (κ2) is 4.17. The molecule has 0 bridgehead atoms. The van der Waals surface area contributed by atoms with Crippen LogP contribution in [-0.4, -0.2) is 4.98 Å². The van der Waals surface area contributed by atoms with Gasteiger partial charge in [0.2, 0.25) is 5.89 Å². The minimum Gasteiger partial charge on any atom is -0.444 e. The van der Waals surface area contributed by atoms with Gasteiger partial charge in [0.15, 0.2) is 0 Å². The smallest absolute Gasteiger partial charge is 0.212 e. The Labute approximate surface area is 96.0 Å². The Morgan fingerprint density at radius 2 is 2.20 bits per heavy atom. The zero-order chi connectivity index (χ0) is 10.9. The van der Waals surface area contributed by atoms with Crippen LogP contribution < -0.4 is 0 Å². The van der Waals surface area contributed by atoms with Gasteiger partial charge in [0.25, 0.3) is 0 Å². The average molecular weight is 228 g/mol. The molecule has 0 radical (unpaired) electrons. The molecular weight excluding hydrogens is 210 g/mol. The summed E-state index contributed by atoms with van der Waals surface area (Å²) in [6.07, 6.45) is 8.09. The molecule has 1 aromatic rings. The van der Waals surface area contributed by atoms with E-state index in [0.29, 0.717) is 5.89 Å². The molecule has 1 fully saturated rings. The first kappa shape index (κ1) is 11.0. The number of hydrogen-bond acceptors (Lipinski definition) is 2. The molecule has 1 aromatic heterocycles. The summed E-state index contributed by atoms with van der Waals surface area (Å²) in [5.74, 6) is 1.70. The highest BCUT2D eigenvalue weighted by atomic mass is 35.5. The van der Waals surface area contributed by atoms with Gasteiger partial charge in [0, 0.05) is 5.41 Å². The van der Waals surface area contributed by atoms with Crippen molar-refractivity contribution in [1.82, 2.24) is 4.98 Å². The van der Waals surface area contributed by atoms with E-state index in [4.69, 9.17) is 16.0 Å². The van der Waals surface area contributed by atoms with Gasteiger partial charge in [0.05, 0.1) is 6.20 Å². The Morgan fingerprint density at radius 3 is 2.67 bits per heavy atom. The lowest BCUT2D eigenvalue weighted by molar-refractivity contribution is 0.317. The van der Waals surface area contributed by atoms with Gasteiger partial charge in [-0.3, -0.25) is 0 Å². The number of rotatable bonds is 3. The van der Waals surface area contributed by atoms with Gasteiger partial charge in [0.1, 0.15) is 11.1 Å². The van der Waals surface area contributed by atoms with E-state index in [1.165, 1.54) is 25.7 Å². The third-order valence-electron chi connectivity index (χ3n) is 3.62. The first-order chi connectivity index (χ1) is 7.18. The number of hydrogen-bond donors (Lipinski definition) is 0. The third-order valence-corrected chi connectivity index (χ3v) is 3.81. The molecule has 1 atom stereocenters. The summed E-state index contributed by atoms with van der Waals surface area (Å²) in [6, 6.07) is 0. The zero-order valence-electron chi connectivity index (χ0n) is 9.42. The maximum atomic E-state index is 5.96. The van der Waals surface area contributed by atoms with E-state index < -0.39 is 0 Å². The molecule has 2 rings (SSSR count).